The van der Waals surface area contributed by atoms with Crippen LogP contribution in [-0.4, -0.2) is 51.4 Å². The summed E-state index contributed by atoms with van der Waals surface area (Å²) < 4.78 is 32.1. The molecule has 0 atom stereocenters. The first-order chi connectivity index (χ1) is 12.7. The molecule has 2 rings (SSSR count). The Morgan fingerprint density at radius 1 is 1.33 bits per heavy atom. The number of hydrogen-bond acceptors (Lipinski definition) is 5. The molecule has 8 nitrogen and oxygen atoms in total. The van der Waals surface area contributed by atoms with Crippen LogP contribution in [0.5, 0.6) is 5.75 Å². The number of primary amides is 1. The Hall–Kier alpha value is -1.84. The summed E-state index contributed by atoms with van der Waals surface area (Å²) in [5.74, 6) is -0.532. The number of nitrogens with two attached hydrogens (primary N) is 1. The summed E-state index contributed by atoms with van der Waals surface area (Å²) in [6.07, 6.45) is 1.76. The van der Waals surface area contributed by atoms with E-state index in [2.05, 4.69) is 4.72 Å². The highest BCUT2D eigenvalue weighted by atomic mass is 35.5. The minimum Gasteiger partial charge on any atom is -0.482 e. The van der Waals surface area contributed by atoms with Gasteiger partial charge in [0.05, 0.1) is 9.92 Å². The van der Waals surface area contributed by atoms with Crippen molar-refractivity contribution in [3.63, 3.8) is 0 Å². The fourth-order valence-corrected chi connectivity index (χ4v) is 4.19. The van der Waals surface area contributed by atoms with Gasteiger partial charge in [-0.3, -0.25) is 9.59 Å². The van der Waals surface area contributed by atoms with Gasteiger partial charge in [0.25, 0.3) is 5.91 Å². The van der Waals surface area contributed by atoms with Crippen molar-refractivity contribution in [3.8, 4) is 5.75 Å². The number of hydrogen-bond donors (Lipinski definition) is 2. The Balaban J connectivity index is 1.93. The van der Waals surface area contributed by atoms with Crippen LogP contribution in [0.15, 0.2) is 23.1 Å². The molecule has 1 aromatic rings. The Morgan fingerprint density at radius 2 is 2.00 bits per heavy atom. The maximum Gasteiger partial charge on any atom is 0.260 e. The second-order valence-electron chi connectivity index (χ2n) is 6.34. The predicted molar refractivity (Wildman–Crippen MR) is 101 cm³/mol. The van der Waals surface area contributed by atoms with Crippen LogP contribution in [0.2, 0.25) is 5.02 Å². The zero-order chi connectivity index (χ0) is 20.0. The van der Waals surface area contributed by atoms with Gasteiger partial charge >= 0.3 is 0 Å². The number of piperidine rings is 1. The lowest BCUT2D eigenvalue weighted by molar-refractivity contribution is -0.136. The van der Waals surface area contributed by atoms with E-state index in [1.54, 1.807) is 4.90 Å². The lowest BCUT2D eigenvalue weighted by Gasteiger charge is -2.30. The lowest BCUT2D eigenvalue weighted by atomic mass is 9.96. The van der Waals surface area contributed by atoms with Crippen molar-refractivity contribution in [2.45, 2.75) is 31.1 Å². The molecule has 0 bridgehead atoms. The maximum absolute atomic E-state index is 12.2. The second kappa shape index (κ2) is 9.38. The molecule has 1 aliphatic rings. The van der Waals surface area contributed by atoms with Gasteiger partial charge in [0.15, 0.2) is 6.61 Å². The number of halogens is 1. The quantitative estimate of drug-likeness (QED) is 0.657. The third-order valence-electron chi connectivity index (χ3n) is 4.36. The van der Waals surface area contributed by atoms with Crippen molar-refractivity contribution < 1.29 is 22.7 Å². The third-order valence-corrected chi connectivity index (χ3v) is 6.11. The fourth-order valence-electron chi connectivity index (χ4n) is 2.73. The van der Waals surface area contributed by atoms with Crippen molar-refractivity contribution in [2.24, 2.45) is 11.7 Å². The molecule has 3 N–H and O–H groups in total. The first-order valence-corrected chi connectivity index (χ1v) is 10.6. The number of benzene rings is 1. The molecular formula is C17H24ClN3O5S. The minimum absolute atomic E-state index is 0.0353. The van der Waals surface area contributed by atoms with Gasteiger partial charge in [-0.15, -0.1) is 0 Å². The normalized spacial score (nSPS) is 15.6. The lowest BCUT2D eigenvalue weighted by Crippen LogP contribution is -2.43. The molecule has 27 heavy (non-hydrogen) atoms. The number of carbonyl (C=O) groups is 2. The van der Waals surface area contributed by atoms with Gasteiger partial charge in [-0.1, -0.05) is 18.5 Å². The van der Waals surface area contributed by atoms with Crippen LogP contribution < -0.4 is 15.2 Å². The van der Waals surface area contributed by atoms with E-state index in [0.717, 1.165) is 0 Å². The predicted octanol–water partition coefficient (Wildman–Crippen LogP) is 1.13. The Kier molecular flexibility index (Phi) is 7.46. The van der Waals surface area contributed by atoms with Crippen molar-refractivity contribution in [1.29, 1.82) is 0 Å². The van der Waals surface area contributed by atoms with Gasteiger partial charge in [-0.2, -0.15) is 0 Å². The standard InChI is InChI=1S/C17H24ClN3O5S/c1-2-7-20-27(24,25)13-3-4-15(14(18)10-13)26-11-16(22)21-8-5-12(6-9-21)17(19)23/h3-4,10,12,20H,2,5-9,11H2,1H3,(H2,19,23). The molecule has 1 fully saturated rings. The highest BCUT2D eigenvalue weighted by molar-refractivity contribution is 7.89. The average molecular weight is 418 g/mol. The maximum atomic E-state index is 12.2. The molecule has 1 aromatic carbocycles. The number of amides is 2. The fraction of sp³-hybridized carbons (Fsp3) is 0.529. The van der Waals surface area contributed by atoms with E-state index in [-0.39, 0.29) is 40.0 Å². The van der Waals surface area contributed by atoms with Crippen molar-refractivity contribution in [2.75, 3.05) is 26.2 Å². The van der Waals surface area contributed by atoms with E-state index in [1.807, 2.05) is 6.92 Å². The molecule has 0 spiro atoms. The van der Waals surface area contributed by atoms with Crippen molar-refractivity contribution in [1.82, 2.24) is 9.62 Å². The molecule has 0 aromatic heterocycles. The number of rotatable bonds is 8. The molecular weight excluding hydrogens is 394 g/mol. The highest BCUT2D eigenvalue weighted by Crippen LogP contribution is 2.27. The molecule has 1 heterocycles. The third kappa shape index (κ3) is 5.82. The van der Waals surface area contributed by atoms with E-state index in [0.29, 0.717) is 38.9 Å². The smallest absolute Gasteiger partial charge is 0.260 e. The first-order valence-electron chi connectivity index (χ1n) is 8.73. The molecule has 150 valence electrons. The zero-order valence-electron chi connectivity index (χ0n) is 15.1. The minimum atomic E-state index is -3.63. The molecule has 2 amide bonds. The van der Waals surface area contributed by atoms with Gasteiger partial charge in [0.1, 0.15) is 5.75 Å². The summed E-state index contributed by atoms with van der Waals surface area (Å²) in [7, 11) is -3.63. The second-order valence-corrected chi connectivity index (χ2v) is 8.51. The number of ether oxygens (including phenoxy) is 1. The number of nitrogens with zero attached hydrogens (tertiary/aromatic N) is 1. The number of likely N-dealkylation sites (tertiary alicyclic amines) is 1. The van der Waals surface area contributed by atoms with Gasteiger partial charge in [-0.25, -0.2) is 13.1 Å². The summed E-state index contributed by atoms with van der Waals surface area (Å²) in [6, 6.07) is 4.09. The van der Waals surface area contributed by atoms with Crippen LogP contribution in [0.3, 0.4) is 0 Å². The first kappa shape index (κ1) is 21.5. The van der Waals surface area contributed by atoms with Crippen molar-refractivity contribution in [3.05, 3.63) is 23.2 Å². The van der Waals surface area contributed by atoms with E-state index in [9.17, 15) is 18.0 Å². The van der Waals surface area contributed by atoms with Crippen LogP contribution in [0.25, 0.3) is 0 Å². The molecule has 0 aliphatic carbocycles. The number of nitrogens with one attached hydrogen (secondary N) is 1. The summed E-state index contributed by atoms with van der Waals surface area (Å²) in [5, 5.41) is 0.106. The van der Waals surface area contributed by atoms with Gasteiger partial charge in [0, 0.05) is 25.6 Å². The average Bonchev–Trinajstić information content (AvgIpc) is 2.65. The van der Waals surface area contributed by atoms with Crippen LogP contribution in [-0.2, 0) is 19.6 Å². The van der Waals surface area contributed by atoms with Crippen LogP contribution in [0.4, 0.5) is 0 Å². The molecule has 1 aliphatic heterocycles. The monoisotopic (exact) mass is 417 g/mol. The van der Waals surface area contributed by atoms with Crippen LogP contribution >= 0.6 is 11.6 Å². The van der Waals surface area contributed by atoms with Crippen molar-refractivity contribution >= 4 is 33.4 Å². The largest absolute Gasteiger partial charge is 0.482 e. The Labute approximate surface area is 164 Å². The molecule has 0 radical (unpaired) electrons. The van der Waals surface area contributed by atoms with Crippen LogP contribution in [0.1, 0.15) is 26.2 Å². The summed E-state index contributed by atoms with van der Waals surface area (Å²) in [4.78, 5) is 25.1. The van der Waals surface area contributed by atoms with Crippen LogP contribution in [0, 0.1) is 5.92 Å². The van der Waals surface area contributed by atoms with Gasteiger partial charge in [0.2, 0.25) is 15.9 Å². The topological polar surface area (TPSA) is 119 Å². The van der Waals surface area contributed by atoms with Gasteiger partial charge in [-0.05, 0) is 37.5 Å². The number of sulfonamides is 1. The Morgan fingerprint density at radius 3 is 2.56 bits per heavy atom. The molecule has 1 saturated heterocycles. The van der Waals surface area contributed by atoms with E-state index in [1.165, 1.54) is 18.2 Å². The van der Waals surface area contributed by atoms with E-state index in [4.69, 9.17) is 22.1 Å². The Bertz CT molecular complexity index is 792. The zero-order valence-corrected chi connectivity index (χ0v) is 16.7. The summed E-state index contributed by atoms with van der Waals surface area (Å²) in [5.41, 5.74) is 5.28. The highest BCUT2D eigenvalue weighted by Gasteiger charge is 2.26. The SMILES string of the molecule is CCCNS(=O)(=O)c1ccc(OCC(=O)N2CCC(C(N)=O)CC2)c(Cl)c1. The molecule has 10 heteroatoms. The summed E-state index contributed by atoms with van der Waals surface area (Å²) >= 11 is 6.10. The molecule has 0 unspecified atom stereocenters. The van der Waals surface area contributed by atoms with E-state index >= 15 is 0 Å². The number of carbonyl (C=O) groups excluding carboxylic acids is 2. The molecule has 0 saturated carbocycles. The van der Waals surface area contributed by atoms with E-state index < -0.39 is 10.0 Å². The summed E-state index contributed by atoms with van der Waals surface area (Å²) in [6.45, 7) is 2.87. The van der Waals surface area contributed by atoms with Gasteiger partial charge < -0.3 is 15.4 Å².